The zero-order chi connectivity index (χ0) is 17.8. The second-order valence-electron chi connectivity index (χ2n) is 5.87. The van der Waals surface area contributed by atoms with Crippen LogP contribution in [-0.4, -0.2) is 47.0 Å². The number of amides is 1. The van der Waals surface area contributed by atoms with Crippen LogP contribution in [0.5, 0.6) is 0 Å². The zero-order valence-corrected chi connectivity index (χ0v) is 15.7. The van der Waals surface area contributed by atoms with Crippen molar-refractivity contribution in [2.45, 2.75) is 9.92 Å². The molecule has 1 fully saturated rings. The molecule has 0 N–H and O–H groups in total. The second-order valence-corrected chi connectivity index (χ2v) is 7.80. The molecule has 1 saturated heterocycles. The Kier molecular flexibility index (Phi) is 5.17. The van der Waals surface area contributed by atoms with Crippen LogP contribution in [0, 0.1) is 0 Å². The molecule has 5 nitrogen and oxygen atoms in total. The molecule has 0 spiro atoms. The van der Waals surface area contributed by atoms with Gasteiger partial charge >= 0.3 is 0 Å². The lowest BCUT2D eigenvalue weighted by molar-refractivity contribution is 0.0742. The van der Waals surface area contributed by atoms with E-state index in [1.807, 2.05) is 58.9 Å². The molecule has 26 heavy (non-hydrogen) atoms. The minimum atomic E-state index is 0.0512. The molecule has 2 aromatic heterocycles. The third kappa shape index (κ3) is 3.73. The maximum absolute atomic E-state index is 13.0. The minimum Gasteiger partial charge on any atom is -0.345 e. The van der Waals surface area contributed by atoms with Gasteiger partial charge in [-0.25, -0.2) is 9.97 Å². The highest BCUT2D eigenvalue weighted by Gasteiger charge is 2.25. The van der Waals surface area contributed by atoms with Crippen LogP contribution in [-0.2, 0) is 0 Å². The molecule has 132 valence electrons. The average molecular weight is 383 g/mol. The van der Waals surface area contributed by atoms with Crippen molar-refractivity contribution in [3.05, 3.63) is 65.8 Å². The minimum absolute atomic E-state index is 0.0512. The highest BCUT2D eigenvalue weighted by atomic mass is 32.2. The number of piperazine rings is 1. The topological polar surface area (TPSA) is 49.3 Å². The quantitative estimate of drug-likeness (QED) is 0.689. The Labute approximate surface area is 160 Å². The van der Waals surface area contributed by atoms with Gasteiger partial charge in [-0.1, -0.05) is 30.0 Å². The van der Waals surface area contributed by atoms with Crippen molar-refractivity contribution >= 4 is 34.1 Å². The first kappa shape index (κ1) is 17.1. The molecule has 0 bridgehead atoms. The molecular formula is C19H18N4OS2. The van der Waals surface area contributed by atoms with Crippen molar-refractivity contribution in [2.24, 2.45) is 0 Å². The summed E-state index contributed by atoms with van der Waals surface area (Å²) in [6.45, 7) is 3.01. The molecule has 1 aliphatic heterocycles. The van der Waals surface area contributed by atoms with Crippen molar-refractivity contribution in [1.29, 1.82) is 0 Å². The summed E-state index contributed by atoms with van der Waals surface area (Å²) in [5.41, 5.74) is 0.670. The SMILES string of the molecule is O=C(c1cccnc1Sc1ccccc1)N1CCN(c2nccs2)CC1. The predicted molar refractivity (Wildman–Crippen MR) is 105 cm³/mol. The summed E-state index contributed by atoms with van der Waals surface area (Å²) in [5.74, 6) is 0.0512. The zero-order valence-electron chi connectivity index (χ0n) is 14.1. The second kappa shape index (κ2) is 7.88. The van der Waals surface area contributed by atoms with Crippen molar-refractivity contribution in [3.8, 4) is 0 Å². The lowest BCUT2D eigenvalue weighted by Crippen LogP contribution is -2.48. The van der Waals surface area contributed by atoms with E-state index in [2.05, 4.69) is 14.9 Å². The Bertz CT molecular complexity index is 862. The molecule has 0 aliphatic carbocycles. The van der Waals surface area contributed by atoms with Gasteiger partial charge in [0.1, 0.15) is 5.03 Å². The van der Waals surface area contributed by atoms with Gasteiger partial charge in [0.2, 0.25) is 0 Å². The number of carbonyl (C=O) groups excluding carboxylic acids is 1. The van der Waals surface area contributed by atoms with Gasteiger partial charge < -0.3 is 9.80 Å². The first-order chi connectivity index (χ1) is 12.8. The number of thiazole rings is 1. The van der Waals surface area contributed by atoms with E-state index >= 15 is 0 Å². The molecule has 3 aromatic rings. The number of pyridine rings is 1. The summed E-state index contributed by atoms with van der Waals surface area (Å²) >= 11 is 3.16. The predicted octanol–water partition coefficient (Wildman–Crippen LogP) is 3.65. The van der Waals surface area contributed by atoms with Gasteiger partial charge in [0.25, 0.3) is 5.91 Å². The average Bonchev–Trinajstić information content (AvgIpc) is 3.24. The fourth-order valence-corrected chi connectivity index (χ4v) is 4.47. The summed E-state index contributed by atoms with van der Waals surface area (Å²) < 4.78 is 0. The number of hydrogen-bond acceptors (Lipinski definition) is 6. The van der Waals surface area contributed by atoms with E-state index in [4.69, 9.17) is 0 Å². The molecule has 0 saturated carbocycles. The standard InChI is InChI=1S/C19H18N4OS2/c24-18(22-10-12-23(13-11-22)19-21-9-14-25-19)16-7-4-8-20-17(16)26-15-5-2-1-3-6-15/h1-9,14H,10-13H2. The number of hydrogen-bond donors (Lipinski definition) is 0. The fourth-order valence-electron chi connectivity index (χ4n) is 2.88. The smallest absolute Gasteiger partial charge is 0.256 e. The van der Waals surface area contributed by atoms with Gasteiger partial charge in [0.15, 0.2) is 5.13 Å². The van der Waals surface area contributed by atoms with E-state index in [9.17, 15) is 4.79 Å². The van der Waals surface area contributed by atoms with Crippen molar-refractivity contribution in [1.82, 2.24) is 14.9 Å². The van der Waals surface area contributed by atoms with Crippen LogP contribution in [0.25, 0.3) is 0 Å². The van der Waals surface area contributed by atoms with Gasteiger partial charge in [0.05, 0.1) is 5.56 Å². The highest BCUT2D eigenvalue weighted by molar-refractivity contribution is 7.99. The molecule has 1 aromatic carbocycles. The molecule has 3 heterocycles. The summed E-state index contributed by atoms with van der Waals surface area (Å²) in [6, 6.07) is 13.7. The molecular weight excluding hydrogens is 364 g/mol. The van der Waals surface area contributed by atoms with Crippen molar-refractivity contribution in [2.75, 3.05) is 31.1 Å². The lowest BCUT2D eigenvalue weighted by atomic mass is 10.2. The van der Waals surface area contributed by atoms with Crippen LogP contribution >= 0.6 is 23.1 Å². The summed E-state index contributed by atoms with van der Waals surface area (Å²) in [4.78, 5) is 27.1. The van der Waals surface area contributed by atoms with Gasteiger partial charge in [-0.05, 0) is 24.3 Å². The highest BCUT2D eigenvalue weighted by Crippen LogP contribution is 2.29. The first-order valence-electron chi connectivity index (χ1n) is 8.43. The Hall–Kier alpha value is -2.38. The largest absolute Gasteiger partial charge is 0.345 e. The van der Waals surface area contributed by atoms with Gasteiger partial charge in [0, 0.05) is 48.8 Å². The molecule has 1 amide bonds. The molecule has 7 heteroatoms. The van der Waals surface area contributed by atoms with E-state index in [1.54, 1.807) is 17.5 Å². The lowest BCUT2D eigenvalue weighted by Gasteiger charge is -2.34. The van der Waals surface area contributed by atoms with Gasteiger partial charge in [-0.3, -0.25) is 4.79 Å². The monoisotopic (exact) mass is 382 g/mol. The van der Waals surface area contributed by atoms with Crippen LogP contribution in [0.1, 0.15) is 10.4 Å². The Morgan fingerprint density at radius 2 is 1.77 bits per heavy atom. The van der Waals surface area contributed by atoms with E-state index < -0.39 is 0 Å². The maximum Gasteiger partial charge on any atom is 0.256 e. The van der Waals surface area contributed by atoms with E-state index in [0.717, 1.165) is 28.1 Å². The van der Waals surface area contributed by atoms with Crippen LogP contribution in [0.3, 0.4) is 0 Å². The van der Waals surface area contributed by atoms with Crippen LogP contribution in [0.15, 0.2) is 70.2 Å². The first-order valence-corrected chi connectivity index (χ1v) is 10.1. The van der Waals surface area contributed by atoms with Crippen molar-refractivity contribution < 1.29 is 4.79 Å². The van der Waals surface area contributed by atoms with E-state index in [0.29, 0.717) is 18.7 Å². The number of anilines is 1. The molecule has 0 unspecified atom stereocenters. The molecule has 0 radical (unpaired) electrons. The molecule has 4 rings (SSSR count). The Morgan fingerprint density at radius 1 is 0.962 bits per heavy atom. The third-order valence-electron chi connectivity index (χ3n) is 4.22. The number of carbonyl (C=O) groups is 1. The summed E-state index contributed by atoms with van der Waals surface area (Å²) in [7, 11) is 0. The molecule has 1 aliphatic rings. The number of aromatic nitrogens is 2. The number of nitrogens with zero attached hydrogens (tertiary/aromatic N) is 4. The van der Waals surface area contributed by atoms with Crippen LogP contribution in [0.4, 0.5) is 5.13 Å². The summed E-state index contributed by atoms with van der Waals surface area (Å²) in [6.07, 6.45) is 3.56. The fraction of sp³-hybridized carbons (Fsp3) is 0.211. The number of benzene rings is 1. The molecule has 0 atom stereocenters. The van der Waals surface area contributed by atoms with E-state index in [-0.39, 0.29) is 5.91 Å². The van der Waals surface area contributed by atoms with Crippen molar-refractivity contribution in [3.63, 3.8) is 0 Å². The van der Waals surface area contributed by atoms with E-state index in [1.165, 1.54) is 11.8 Å². The third-order valence-corrected chi connectivity index (χ3v) is 6.07. The Morgan fingerprint density at radius 3 is 2.50 bits per heavy atom. The van der Waals surface area contributed by atoms with Crippen LogP contribution < -0.4 is 4.90 Å². The summed E-state index contributed by atoms with van der Waals surface area (Å²) in [5, 5.41) is 3.76. The Balaban J connectivity index is 1.47. The van der Waals surface area contributed by atoms with Crippen LogP contribution in [0.2, 0.25) is 0 Å². The number of rotatable bonds is 4. The van der Waals surface area contributed by atoms with Gasteiger partial charge in [-0.15, -0.1) is 11.3 Å². The normalized spacial score (nSPS) is 14.5. The van der Waals surface area contributed by atoms with Gasteiger partial charge in [-0.2, -0.15) is 0 Å². The maximum atomic E-state index is 13.0.